The summed E-state index contributed by atoms with van der Waals surface area (Å²) in [5, 5.41) is 0.417. The van der Waals surface area contributed by atoms with E-state index in [1.165, 1.54) is 25.3 Å². The number of ether oxygens (including phenoxy) is 2. The Morgan fingerprint density at radius 2 is 1.40 bits per heavy atom. The zero-order valence-corrected chi connectivity index (χ0v) is 15.7. The Kier molecular flexibility index (Phi) is 4.95. The third kappa shape index (κ3) is 4.00. The molecule has 152 valence electrons. The van der Waals surface area contributed by atoms with Gasteiger partial charge >= 0.3 is 6.18 Å². The van der Waals surface area contributed by atoms with Crippen molar-refractivity contribution in [1.29, 1.82) is 0 Å². The second kappa shape index (κ2) is 7.59. The molecule has 0 radical (unpaired) electrons. The normalized spacial score (nSPS) is 11.5. The summed E-state index contributed by atoms with van der Waals surface area (Å²) in [6, 6.07) is 17.5. The fraction of sp³-hybridized carbons (Fsp3) is 0.0870. The standard InChI is InChI=1S/C23H15F3O4/c1-28-18-10-11-21-19(12-18)20(27)13-22(30-21)14-2-6-16(7-3-14)29-17-8-4-15(5-9-17)23(24,25)26/h2-13H,1H3. The van der Waals surface area contributed by atoms with Crippen molar-refractivity contribution in [2.75, 3.05) is 7.11 Å². The zero-order valence-electron chi connectivity index (χ0n) is 15.7. The van der Waals surface area contributed by atoms with Crippen molar-refractivity contribution in [2.24, 2.45) is 0 Å². The van der Waals surface area contributed by atoms with E-state index in [4.69, 9.17) is 13.9 Å². The molecule has 0 saturated heterocycles. The summed E-state index contributed by atoms with van der Waals surface area (Å²) >= 11 is 0. The lowest BCUT2D eigenvalue weighted by Gasteiger charge is -2.09. The number of rotatable bonds is 4. The van der Waals surface area contributed by atoms with Gasteiger partial charge in [-0.1, -0.05) is 0 Å². The van der Waals surface area contributed by atoms with Crippen molar-refractivity contribution in [3.8, 4) is 28.6 Å². The van der Waals surface area contributed by atoms with Gasteiger partial charge in [-0.05, 0) is 66.7 Å². The number of halogens is 3. The third-order valence-electron chi connectivity index (χ3n) is 4.49. The molecule has 4 aromatic rings. The maximum atomic E-state index is 12.6. The van der Waals surface area contributed by atoms with E-state index in [1.54, 1.807) is 42.5 Å². The van der Waals surface area contributed by atoms with Crippen LogP contribution in [0.3, 0.4) is 0 Å². The average Bonchev–Trinajstić information content (AvgIpc) is 2.74. The maximum Gasteiger partial charge on any atom is 0.416 e. The molecule has 0 atom stereocenters. The SMILES string of the molecule is COc1ccc2oc(-c3ccc(Oc4ccc(C(F)(F)F)cc4)cc3)cc(=O)c2c1. The monoisotopic (exact) mass is 412 g/mol. The molecule has 0 N–H and O–H groups in total. The molecular weight excluding hydrogens is 397 g/mol. The van der Waals surface area contributed by atoms with Crippen LogP contribution in [-0.4, -0.2) is 7.11 Å². The second-order valence-corrected chi connectivity index (χ2v) is 6.49. The summed E-state index contributed by atoms with van der Waals surface area (Å²) in [6.07, 6.45) is -4.39. The molecule has 0 amide bonds. The Balaban J connectivity index is 1.57. The molecule has 0 spiro atoms. The lowest BCUT2D eigenvalue weighted by molar-refractivity contribution is -0.137. The van der Waals surface area contributed by atoms with E-state index in [0.29, 0.717) is 33.8 Å². The van der Waals surface area contributed by atoms with E-state index in [-0.39, 0.29) is 11.2 Å². The first-order chi connectivity index (χ1) is 14.3. The van der Waals surface area contributed by atoms with E-state index in [9.17, 15) is 18.0 Å². The quantitative estimate of drug-likeness (QED) is 0.396. The summed E-state index contributed by atoms with van der Waals surface area (Å²) in [4.78, 5) is 12.4. The van der Waals surface area contributed by atoms with Gasteiger partial charge in [0, 0.05) is 11.6 Å². The minimum absolute atomic E-state index is 0.199. The molecule has 0 aliphatic heterocycles. The van der Waals surface area contributed by atoms with Gasteiger partial charge < -0.3 is 13.9 Å². The molecule has 0 aliphatic rings. The fourth-order valence-corrected chi connectivity index (χ4v) is 2.94. The van der Waals surface area contributed by atoms with Crippen LogP contribution in [0.5, 0.6) is 17.2 Å². The minimum atomic E-state index is -4.39. The minimum Gasteiger partial charge on any atom is -0.497 e. The number of hydrogen-bond donors (Lipinski definition) is 0. The van der Waals surface area contributed by atoms with Crippen molar-refractivity contribution in [3.05, 3.63) is 88.6 Å². The topological polar surface area (TPSA) is 48.7 Å². The van der Waals surface area contributed by atoms with Crippen molar-refractivity contribution in [3.63, 3.8) is 0 Å². The first-order valence-corrected chi connectivity index (χ1v) is 8.91. The highest BCUT2D eigenvalue weighted by Crippen LogP contribution is 2.32. The van der Waals surface area contributed by atoms with Gasteiger partial charge in [0.15, 0.2) is 5.43 Å². The number of alkyl halides is 3. The van der Waals surface area contributed by atoms with E-state index in [0.717, 1.165) is 12.1 Å². The predicted octanol–water partition coefficient (Wildman–Crippen LogP) is 6.28. The Hall–Kier alpha value is -3.74. The largest absolute Gasteiger partial charge is 0.497 e. The van der Waals surface area contributed by atoms with Crippen LogP contribution in [0.2, 0.25) is 0 Å². The number of hydrogen-bond acceptors (Lipinski definition) is 4. The van der Waals surface area contributed by atoms with Crippen molar-refractivity contribution >= 4 is 11.0 Å². The summed E-state index contributed by atoms with van der Waals surface area (Å²) < 4.78 is 54.5. The fourth-order valence-electron chi connectivity index (χ4n) is 2.94. The molecule has 1 aromatic heterocycles. The van der Waals surface area contributed by atoms with Gasteiger partial charge in [0.2, 0.25) is 0 Å². The lowest BCUT2D eigenvalue weighted by Crippen LogP contribution is -2.03. The Morgan fingerprint density at radius 3 is 2.00 bits per heavy atom. The van der Waals surface area contributed by atoms with E-state index in [1.807, 2.05) is 0 Å². The molecule has 0 aliphatic carbocycles. The molecule has 0 unspecified atom stereocenters. The second-order valence-electron chi connectivity index (χ2n) is 6.49. The number of benzene rings is 3. The first-order valence-electron chi connectivity index (χ1n) is 8.91. The summed E-state index contributed by atoms with van der Waals surface area (Å²) in [5.74, 6) is 1.67. The van der Waals surface area contributed by atoms with Crippen LogP contribution in [0.1, 0.15) is 5.56 Å². The van der Waals surface area contributed by atoms with Crippen LogP contribution in [0, 0.1) is 0 Å². The lowest BCUT2D eigenvalue weighted by atomic mass is 10.1. The highest BCUT2D eigenvalue weighted by atomic mass is 19.4. The molecule has 1 heterocycles. The van der Waals surface area contributed by atoms with E-state index >= 15 is 0 Å². The average molecular weight is 412 g/mol. The molecule has 3 aromatic carbocycles. The first kappa shape index (κ1) is 19.6. The van der Waals surface area contributed by atoms with Gasteiger partial charge in [-0.15, -0.1) is 0 Å². The van der Waals surface area contributed by atoms with Crippen molar-refractivity contribution in [2.45, 2.75) is 6.18 Å². The molecule has 0 saturated carbocycles. The smallest absolute Gasteiger partial charge is 0.416 e. The van der Waals surface area contributed by atoms with Crippen LogP contribution in [0.4, 0.5) is 13.2 Å². The summed E-state index contributed by atoms with van der Waals surface area (Å²) in [5.41, 5.74) is 0.150. The van der Waals surface area contributed by atoms with Crippen molar-refractivity contribution < 1.29 is 27.1 Å². The Labute approximate surface area is 169 Å². The molecule has 0 bridgehead atoms. The van der Waals surface area contributed by atoms with Gasteiger partial charge in [0.1, 0.15) is 28.6 Å². The van der Waals surface area contributed by atoms with Gasteiger partial charge in [-0.3, -0.25) is 4.79 Å². The van der Waals surface area contributed by atoms with Crippen LogP contribution >= 0.6 is 0 Å². The van der Waals surface area contributed by atoms with Gasteiger partial charge in [-0.25, -0.2) is 0 Å². The number of fused-ring (bicyclic) bond motifs is 1. The zero-order chi connectivity index (χ0) is 21.3. The molecule has 4 nitrogen and oxygen atoms in total. The highest BCUT2D eigenvalue weighted by Gasteiger charge is 2.30. The highest BCUT2D eigenvalue weighted by molar-refractivity contribution is 5.80. The summed E-state index contributed by atoms with van der Waals surface area (Å²) in [6.45, 7) is 0. The third-order valence-corrected chi connectivity index (χ3v) is 4.49. The van der Waals surface area contributed by atoms with Crippen LogP contribution in [-0.2, 0) is 6.18 Å². The maximum absolute atomic E-state index is 12.6. The van der Waals surface area contributed by atoms with Gasteiger partial charge in [0.05, 0.1) is 18.1 Å². The Morgan fingerprint density at radius 1 is 0.800 bits per heavy atom. The molecule has 4 rings (SSSR count). The predicted molar refractivity (Wildman–Crippen MR) is 106 cm³/mol. The van der Waals surface area contributed by atoms with Crippen LogP contribution < -0.4 is 14.9 Å². The summed E-state index contributed by atoms with van der Waals surface area (Å²) in [7, 11) is 1.52. The molecule has 7 heteroatoms. The van der Waals surface area contributed by atoms with E-state index < -0.39 is 11.7 Å². The molecule has 30 heavy (non-hydrogen) atoms. The Bertz CT molecular complexity index is 1240. The van der Waals surface area contributed by atoms with Gasteiger partial charge in [0.25, 0.3) is 0 Å². The van der Waals surface area contributed by atoms with Crippen molar-refractivity contribution in [1.82, 2.24) is 0 Å². The molecular formula is C23H15F3O4. The van der Waals surface area contributed by atoms with Gasteiger partial charge in [-0.2, -0.15) is 13.2 Å². The van der Waals surface area contributed by atoms with Crippen LogP contribution in [0.15, 0.2) is 82.0 Å². The molecule has 0 fully saturated rings. The number of methoxy groups -OCH3 is 1. The van der Waals surface area contributed by atoms with E-state index in [2.05, 4.69) is 0 Å². The van der Waals surface area contributed by atoms with Crippen LogP contribution in [0.25, 0.3) is 22.3 Å².